The Labute approximate surface area is 223 Å². The van der Waals surface area contributed by atoms with Gasteiger partial charge in [0.15, 0.2) is 20.7 Å². The van der Waals surface area contributed by atoms with Crippen molar-refractivity contribution in [2.75, 3.05) is 18.5 Å². The van der Waals surface area contributed by atoms with E-state index in [9.17, 15) is 13.5 Å². The summed E-state index contributed by atoms with van der Waals surface area (Å²) in [5.74, 6) is 0.825. The molecule has 1 atom stereocenters. The molecule has 0 saturated carbocycles. The van der Waals surface area contributed by atoms with Crippen LogP contribution < -0.4 is 0 Å². The van der Waals surface area contributed by atoms with Gasteiger partial charge >= 0.3 is 0 Å². The Balaban J connectivity index is 1.87. The highest BCUT2D eigenvalue weighted by Gasteiger charge is 2.28. The Hall–Kier alpha value is -2.28. The number of aliphatic hydroxyl groups is 1. The zero-order chi connectivity index (χ0) is 26.0. The average Bonchev–Trinajstić information content (AvgIpc) is 3.46. The van der Waals surface area contributed by atoms with Crippen LogP contribution in [0.1, 0.15) is 37.3 Å². The first-order valence-corrected chi connectivity index (χ1v) is 15.4. The standard InChI is InChI=1S/C24H25ClN4O4S3/c1-14(2)17-10-5-6-11-18(17)29-21(19(25)20(27-29)24(30)33-13-34-3)23-26-22(28-35-23)15-8-7-9-16(12-15)36(4,31)32/h5-12,14,24,30H,13H2,1-4H3. The molecule has 0 aliphatic heterocycles. The van der Waals surface area contributed by atoms with Crippen molar-refractivity contribution in [3.05, 3.63) is 64.8 Å². The van der Waals surface area contributed by atoms with Crippen molar-refractivity contribution in [2.24, 2.45) is 0 Å². The molecule has 4 aromatic rings. The van der Waals surface area contributed by atoms with Gasteiger partial charge in [-0.15, -0.1) is 11.8 Å². The molecule has 2 aromatic heterocycles. The molecule has 0 aliphatic carbocycles. The first kappa shape index (κ1) is 26.8. The van der Waals surface area contributed by atoms with Gasteiger partial charge in [0.25, 0.3) is 0 Å². The Morgan fingerprint density at radius 3 is 2.64 bits per heavy atom. The van der Waals surface area contributed by atoms with E-state index in [2.05, 4.69) is 28.3 Å². The van der Waals surface area contributed by atoms with Crippen molar-refractivity contribution in [1.82, 2.24) is 19.1 Å². The molecular weight excluding hydrogens is 540 g/mol. The number of hydrogen-bond acceptors (Lipinski definition) is 9. The maximum absolute atomic E-state index is 12.0. The van der Waals surface area contributed by atoms with Crippen LogP contribution in [0.15, 0.2) is 53.4 Å². The summed E-state index contributed by atoms with van der Waals surface area (Å²) in [6.07, 6.45) is 1.69. The number of thioether (sulfide) groups is 1. The lowest BCUT2D eigenvalue weighted by molar-refractivity contribution is -0.0866. The first-order valence-electron chi connectivity index (χ1n) is 10.9. The maximum atomic E-state index is 12.0. The van der Waals surface area contributed by atoms with Crippen molar-refractivity contribution >= 4 is 44.7 Å². The number of hydrogen-bond donors (Lipinski definition) is 1. The third-order valence-electron chi connectivity index (χ3n) is 5.37. The lowest BCUT2D eigenvalue weighted by atomic mass is 10.0. The van der Waals surface area contributed by atoms with Crippen LogP contribution in [-0.4, -0.2) is 51.1 Å². The lowest BCUT2D eigenvalue weighted by Gasteiger charge is -2.14. The summed E-state index contributed by atoms with van der Waals surface area (Å²) in [5, 5.41) is 16.0. The summed E-state index contributed by atoms with van der Waals surface area (Å²) in [7, 11) is -3.39. The van der Waals surface area contributed by atoms with E-state index in [0.717, 1.165) is 29.0 Å². The smallest absolute Gasteiger partial charge is 0.202 e. The number of aliphatic hydroxyl groups excluding tert-OH is 1. The van der Waals surface area contributed by atoms with Crippen LogP contribution in [0.4, 0.5) is 0 Å². The third-order valence-corrected chi connectivity index (χ3v) is 7.94. The fourth-order valence-corrected chi connectivity index (χ4v) is 5.63. The summed E-state index contributed by atoms with van der Waals surface area (Å²) in [6, 6.07) is 14.3. The minimum atomic E-state index is -3.39. The molecule has 0 amide bonds. The summed E-state index contributed by atoms with van der Waals surface area (Å²) in [4.78, 5) is 4.85. The van der Waals surface area contributed by atoms with Crippen LogP contribution in [0.5, 0.6) is 0 Å². The lowest BCUT2D eigenvalue weighted by Crippen LogP contribution is -2.07. The number of halogens is 1. The molecule has 36 heavy (non-hydrogen) atoms. The number of sulfone groups is 1. The molecule has 0 fully saturated rings. The van der Waals surface area contributed by atoms with Crippen LogP contribution in [0.25, 0.3) is 27.8 Å². The zero-order valence-corrected chi connectivity index (χ0v) is 23.2. The normalized spacial score (nSPS) is 12.9. The molecule has 0 aliphatic rings. The number of benzene rings is 2. The number of nitrogens with zero attached hydrogens (tertiary/aromatic N) is 4. The fourth-order valence-electron chi connectivity index (χ4n) is 3.62. The van der Waals surface area contributed by atoms with Crippen molar-refractivity contribution in [1.29, 1.82) is 0 Å². The summed E-state index contributed by atoms with van der Waals surface area (Å²) in [5.41, 5.74) is 3.04. The Morgan fingerprint density at radius 2 is 1.94 bits per heavy atom. The van der Waals surface area contributed by atoms with E-state index < -0.39 is 16.1 Å². The van der Waals surface area contributed by atoms with Crippen LogP contribution in [0.2, 0.25) is 5.02 Å². The first-order chi connectivity index (χ1) is 17.1. The number of ether oxygens (including phenoxy) is 1. The molecule has 2 aromatic carbocycles. The van der Waals surface area contributed by atoms with Gasteiger partial charge in [-0.25, -0.2) is 18.1 Å². The van der Waals surface area contributed by atoms with Crippen LogP contribution in [0.3, 0.4) is 0 Å². The van der Waals surface area contributed by atoms with E-state index in [4.69, 9.17) is 16.3 Å². The zero-order valence-electron chi connectivity index (χ0n) is 20.0. The maximum Gasteiger partial charge on any atom is 0.202 e. The largest absolute Gasteiger partial charge is 0.363 e. The van der Waals surface area contributed by atoms with Gasteiger partial charge in [0.05, 0.1) is 21.5 Å². The number of para-hydroxylation sites is 1. The molecule has 2 heterocycles. The predicted molar refractivity (Wildman–Crippen MR) is 145 cm³/mol. The molecule has 0 spiro atoms. The van der Waals surface area contributed by atoms with Crippen molar-refractivity contribution < 1.29 is 18.3 Å². The van der Waals surface area contributed by atoms with E-state index in [1.165, 1.54) is 17.8 Å². The molecule has 1 unspecified atom stereocenters. The van der Waals surface area contributed by atoms with Crippen LogP contribution in [-0.2, 0) is 14.6 Å². The van der Waals surface area contributed by atoms with Crippen LogP contribution >= 0.6 is 34.9 Å². The second-order valence-electron chi connectivity index (χ2n) is 8.32. The topological polar surface area (TPSA) is 107 Å². The third kappa shape index (κ3) is 5.51. The van der Waals surface area contributed by atoms with Gasteiger partial charge in [-0.1, -0.05) is 55.8 Å². The Bertz CT molecular complexity index is 1480. The fraction of sp³-hybridized carbons (Fsp3) is 0.292. The summed E-state index contributed by atoms with van der Waals surface area (Å²) < 4.78 is 35.6. The highest BCUT2D eigenvalue weighted by molar-refractivity contribution is 7.98. The highest BCUT2D eigenvalue weighted by Crippen LogP contribution is 2.39. The van der Waals surface area contributed by atoms with Gasteiger partial charge in [-0.3, -0.25) is 0 Å². The molecule has 1 N–H and O–H groups in total. The molecular formula is C24H25ClN4O4S3. The Kier molecular flexibility index (Phi) is 8.18. The minimum Gasteiger partial charge on any atom is -0.363 e. The SMILES string of the molecule is CSCOC(O)c1nn(-c2ccccc2C(C)C)c(-c2nc(-c3cccc(S(C)(=O)=O)c3)ns2)c1Cl. The van der Waals surface area contributed by atoms with E-state index in [-0.39, 0.29) is 27.5 Å². The molecule has 8 nitrogen and oxygen atoms in total. The molecule has 4 rings (SSSR count). The molecule has 12 heteroatoms. The average molecular weight is 565 g/mol. The molecule has 0 saturated heterocycles. The van der Waals surface area contributed by atoms with Gasteiger partial charge in [-0.2, -0.15) is 9.47 Å². The summed E-state index contributed by atoms with van der Waals surface area (Å²) in [6.45, 7) is 4.16. The highest BCUT2D eigenvalue weighted by atomic mass is 35.5. The molecule has 190 valence electrons. The van der Waals surface area contributed by atoms with E-state index >= 15 is 0 Å². The van der Waals surface area contributed by atoms with Gasteiger partial charge in [0.1, 0.15) is 11.4 Å². The number of rotatable bonds is 9. The van der Waals surface area contributed by atoms with Gasteiger partial charge in [-0.05, 0) is 47.5 Å². The molecule has 0 radical (unpaired) electrons. The van der Waals surface area contributed by atoms with Gasteiger partial charge in [0, 0.05) is 11.8 Å². The van der Waals surface area contributed by atoms with E-state index in [1.807, 2.05) is 30.5 Å². The molecule has 0 bridgehead atoms. The van der Waals surface area contributed by atoms with Gasteiger partial charge in [0.2, 0.25) is 6.29 Å². The van der Waals surface area contributed by atoms with E-state index in [0.29, 0.717) is 22.1 Å². The Morgan fingerprint density at radius 1 is 1.19 bits per heavy atom. The monoisotopic (exact) mass is 564 g/mol. The van der Waals surface area contributed by atoms with E-state index in [1.54, 1.807) is 22.9 Å². The van der Waals surface area contributed by atoms with Crippen molar-refractivity contribution in [2.45, 2.75) is 31.0 Å². The summed E-state index contributed by atoms with van der Waals surface area (Å²) >= 11 is 9.32. The quantitative estimate of drug-likeness (QED) is 0.263. The van der Waals surface area contributed by atoms with Gasteiger partial charge < -0.3 is 9.84 Å². The minimum absolute atomic E-state index is 0.176. The second kappa shape index (κ2) is 11.0. The van der Waals surface area contributed by atoms with Crippen LogP contribution in [0, 0.1) is 0 Å². The predicted octanol–water partition coefficient (Wildman–Crippen LogP) is 5.57. The van der Waals surface area contributed by atoms with Crippen molar-refractivity contribution in [3.63, 3.8) is 0 Å². The number of aromatic nitrogens is 4. The second-order valence-corrected chi connectivity index (χ2v) is 12.3. The van der Waals surface area contributed by atoms with Crippen molar-refractivity contribution in [3.8, 4) is 27.8 Å².